The van der Waals surface area contributed by atoms with Gasteiger partial charge in [0.25, 0.3) is 0 Å². The average molecular weight is 247 g/mol. The summed E-state index contributed by atoms with van der Waals surface area (Å²) in [5, 5.41) is 17.1. The Bertz CT molecular complexity index is 507. The summed E-state index contributed by atoms with van der Waals surface area (Å²) >= 11 is 0. The van der Waals surface area contributed by atoms with E-state index in [1.807, 2.05) is 0 Å². The van der Waals surface area contributed by atoms with E-state index in [-0.39, 0.29) is 0 Å². The highest BCUT2D eigenvalue weighted by molar-refractivity contribution is 5.89. The number of hydrogen-bond donors (Lipinski definition) is 2. The maximum atomic E-state index is 12.0. The van der Waals surface area contributed by atoms with Crippen molar-refractivity contribution in [2.45, 2.75) is 6.36 Å². The quantitative estimate of drug-likeness (QED) is 0.810. The van der Waals surface area contributed by atoms with Crippen molar-refractivity contribution in [2.24, 2.45) is 0 Å². The number of carbonyl (C=O) groups is 1. The molecule has 1 aromatic rings. The van der Waals surface area contributed by atoms with E-state index in [0.29, 0.717) is 6.07 Å². The molecule has 6 nitrogen and oxygen atoms in total. The summed E-state index contributed by atoms with van der Waals surface area (Å²) in [5.74, 6) is -3.32. The van der Waals surface area contributed by atoms with Gasteiger partial charge in [0.1, 0.15) is 11.9 Å². The van der Waals surface area contributed by atoms with Crippen molar-refractivity contribution in [3.05, 3.63) is 17.3 Å². The van der Waals surface area contributed by atoms with Gasteiger partial charge in [-0.25, -0.2) is 9.78 Å². The predicted molar refractivity (Wildman–Crippen MR) is 47.0 cm³/mol. The number of carboxylic acids is 1. The molecule has 90 valence electrons. The lowest BCUT2D eigenvalue weighted by atomic mass is 10.2. The van der Waals surface area contributed by atoms with E-state index >= 15 is 0 Å². The van der Waals surface area contributed by atoms with Crippen LogP contribution in [-0.4, -0.2) is 22.4 Å². The number of halogens is 3. The van der Waals surface area contributed by atoms with Gasteiger partial charge in [0.05, 0.1) is 5.56 Å². The Morgan fingerprint density at radius 1 is 1.59 bits per heavy atom. The minimum atomic E-state index is -5.09. The first-order chi connectivity index (χ1) is 7.74. The number of anilines is 1. The van der Waals surface area contributed by atoms with Gasteiger partial charge < -0.3 is 15.6 Å². The number of nitrogen functional groups attached to an aromatic ring is 1. The van der Waals surface area contributed by atoms with Crippen molar-refractivity contribution in [1.82, 2.24) is 4.98 Å². The molecule has 0 fully saturated rings. The van der Waals surface area contributed by atoms with Crippen LogP contribution in [0.4, 0.5) is 19.0 Å². The summed E-state index contributed by atoms with van der Waals surface area (Å²) in [6, 6.07) is 2.03. The molecule has 3 N–H and O–H groups in total. The van der Waals surface area contributed by atoms with Gasteiger partial charge >= 0.3 is 12.3 Å². The van der Waals surface area contributed by atoms with Gasteiger partial charge in [-0.3, -0.25) is 0 Å². The average Bonchev–Trinajstić information content (AvgIpc) is 2.17. The number of nitriles is 1. The van der Waals surface area contributed by atoms with Crippen LogP contribution in [0.5, 0.6) is 5.75 Å². The number of nitrogens with two attached hydrogens (primary N) is 1. The van der Waals surface area contributed by atoms with Crippen LogP contribution >= 0.6 is 0 Å². The maximum absolute atomic E-state index is 12.0. The number of aromatic carboxylic acids is 1. The summed E-state index contributed by atoms with van der Waals surface area (Å²) in [5.41, 5.74) is 3.75. The first kappa shape index (κ1) is 12.6. The number of rotatable bonds is 2. The molecule has 0 atom stereocenters. The topological polar surface area (TPSA) is 109 Å². The molecule has 9 heteroatoms. The van der Waals surface area contributed by atoms with Gasteiger partial charge in [0, 0.05) is 6.07 Å². The number of hydrogen-bond acceptors (Lipinski definition) is 5. The lowest BCUT2D eigenvalue weighted by molar-refractivity contribution is -0.274. The molecule has 0 spiro atoms. The zero-order chi connectivity index (χ0) is 13.2. The third-order valence-corrected chi connectivity index (χ3v) is 1.57. The van der Waals surface area contributed by atoms with Crippen molar-refractivity contribution in [1.29, 1.82) is 5.26 Å². The largest absolute Gasteiger partial charge is 0.573 e. The first-order valence-electron chi connectivity index (χ1n) is 3.94. The Kier molecular flexibility index (Phi) is 3.08. The van der Waals surface area contributed by atoms with E-state index < -0.39 is 35.2 Å². The Balaban J connectivity index is 3.35. The van der Waals surface area contributed by atoms with Crippen LogP contribution in [0.2, 0.25) is 0 Å². The second kappa shape index (κ2) is 4.17. The summed E-state index contributed by atoms with van der Waals surface area (Å²) in [4.78, 5) is 13.8. The number of ether oxygens (including phenoxy) is 1. The van der Waals surface area contributed by atoms with Crippen molar-refractivity contribution in [2.75, 3.05) is 5.73 Å². The summed E-state index contributed by atoms with van der Waals surface area (Å²) in [6.45, 7) is 0. The fourth-order valence-corrected chi connectivity index (χ4v) is 0.954. The zero-order valence-corrected chi connectivity index (χ0v) is 7.95. The van der Waals surface area contributed by atoms with Crippen LogP contribution in [0.1, 0.15) is 16.1 Å². The fraction of sp³-hybridized carbons (Fsp3) is 0.125. The Labute approximate surface area is 92.0 Å². The molecule has 0 aliphatic heterocycles. The van der Waals surface area contributed by atoms with Gasteiger partial charge in [-0.05, 0) is 0 Å². The number of alkyl halides is 3. The smallest absolute Gasteiger partial charge is 0.476 e. The van der Waals surface area contributed by atoms with Gasteiger partial charge in [-0.1, -0.05) is 0 Å². The van der Waals surface area contributed by atoms with E-state index in [1.54, 1.807) is 0 Å². The molecule has 0 amide bonds. The summed E-state index contributed by atoms with van der Waals surface area (Å²) in [6.07, 6.45) is -5.09. The minimum Gasteiger partial charge on any atom is -0.476 e. The third kappa shape index (κ3) is 2.97. The van der Waals surface area contributed by atoms with Crippen LogP contribution in [0.15, 0.2) is 6.07 Å². The molecule has 0 aliphatic carbocycles. The second-order valence-electron chi connectivity index (χ2n) is 2.73. The molecule has 0 aromatic carbocycles. The molecule has 1 aromatic heterocycles. The van der Waals surface area contributed by atoms with E-state index in [0.717, 1.165) is 0 Å². The molecule has 0 saturated carbocycles. The molecule has 0 saturated heterocycles. The van der Waals surface area contributed by atoms with Crippen LogP contribution in [0, 0.1) is 11.3 Å². The molecule has 0 aliphatic rings. The summed E-state index contributed by atoms with van der Waals surface area (Å²) < 4.78 is 39.3. The fourth-order valence-electron chi connectivity index (χ4n) is 0.954. The number of carboxylic acid groups (broad SMARTS) is 1. The first-order valence-corrected chi connectivity index (χ1v) is 3.94. The van der Waals surface area contributed by atoms with E-state index in [9.17, 15) is 18.0 Å². The van der Waals surface area contributed by atoms with Crippen molar-refractivity contribution in [3.63, 3.8) is 0 Å². The molecule has 17 heavy (non-hydrogen) atoms. The molecule has 0 radical (unpaired) electrons. The van der Waals surface area contributed by atoms with Crippen LogP contribution < -0.4 is 10.5 Å². The molecule has 1 heterocycles. The Morgan fingerprint density at radius 3 is 2.59 bits per heavy atom. The van der Waals surface area contributed by atoms with Gasteiger partial charge in [-0.2, -0.15) is 5.26 Å². The second-order valence-corrected chi connectivity index (χ2v) is 2.73. The van der Waals surface area contributed by atoms with E-state index in [4.69, 9.17) is 16.1 Å². The van der Waals surface area contributed by atoms with Gasteiger partial charge in [-0.15, -0.1) is 13.2 Å². The molecular weight excluding hydrogens is 243 g/mol. The van der Waals surface area contributed by atoms with Gasteiger partial charge in [0.2, 0.25) is 0 Å². The number of nitrogens with zero attached hydrogens (tertiary/aromatic N) is 2. The molecule has 0 bridgehead atoms. The number of aromatic nitrogens is 1. The lowest BCUT2D eigenvalue weighted by Crippen LogP contribution is -2.20. The van der Waals surface area contributed by atoms with Crippen LogP contribution in [0.3, 0.4) is 0 Å². The number of pyridine rings is 1. The molecule has 1 rings (SSSR count). The highest BCUT2D eigenvalue weighted by atomic mass is 19.4. The van der Waals surface area contributed by atoms with Crippen molar-refractivity contribution < 1.29 is 27.8 Å². The highest BCUT2D eigenvalue weighted by Gasteiger charge is 2.34. The van der Waals surface area contributed by atoms with E-state index in [2.05, 4.69) is 9.72 Å². The maximum Gasteiger partial charge on any atom is 0.573 e. The zero-order valence-electron chi connectivity index (χ0n) is 7.95. The Hall–Kier alpha value is -2.50. The van der Waals surface area contributed by atoms with Crippen LogP contribution in [0.25, 0.3) is 0 Å². The lowest BCUT2D eigenvalue weighted by Gasteiger charge is -2.11. The van der Waals surface area contributed by atoms with E-state index in [1.165, 1.54) is 6.07 Å². The SMILES string of the molecule is N#Cc1cc(OC(F)(F)F)c(C(=O)O)nc1N. The normalized spacial score (nSPS) is 10.7. The summed E-state index contributed by atoms with van der Waals surface area (Å²) in [7, 11) is 0. The molecular formula is C8H4F3N3O3. The third-order valence-electron chi connectivity index (χ3n) is 1.57. The minimum absolute atomic E-state index is 0.408. The standard InChI is InChI=1S/C8H4F3N3O3/c9-8(10,11)17-4-1-3(2-12)6(13)14-5(4)7(15)16/h1H,(H2,13,14)(H,15,16). The predicted octanol–water partition coefficient (Wildman–Crippen LogP) is 1.13. The monoisotopic (exact) mass is 247 g/mol. The van der Waals surface area contributed by atoms with Gasteiger partial charge in [0.15, 0.2) is 11.4 Å². The molecule has 0 unspecified atom stereocenters. The highest BCUT2D eigenvalue weighted by Crippen LogP contribution is 2.28. The van der Waals surface area contributed by atoms with Crippen molar-refractivity contribution >= 4 is 11.8 Å². The van der Waals surface area contributed by atoms with Crippen LogP contribution in [-0.2, 0) is 0 Å². The van der Waals surface area contributed by atoms with Crippen molar-refractivity contribution in [3.8, 4) is 11.8 Å². The Morgan fingerprint density at radius 2 is 2.18 bits per heavy atom.